The van der Waals surface area contributed by atoms with Crippen LogP contribution >= 0.6 is 0 Å². The predicted molar refractivity (Wildman–Crippen MR) is 61.5 cm³/mol. The zero-order valence-corrected chi connectivity index (χ0v) is 10.0. The Bertz CT molecular complexity index is 402. The lowest BCUT2D eigenvalue weighted by Crippen LogP contribution is -2.46. The fourth-order valence-electron chi connectivity index (χ4n) is 1.17. The van der Waals surface area contributed by atoms with Gasteiger partial charge in [0.1, 0.15) is 11.8 Å². The third-order valence-corrected chi connectivity index (χ3v) is 1.96. The first-order valence-electron chi connectivity index (χ1n) is 5.31. The van der Waals surface area contributed by atoms with Crippen LogP contribution in [0.5, 0.6) is 0 Å². The van der Waals surface area contributed by atoms with Gasteiger partial charge in [0.2, 0.25) is 5.91 Å². The lowest BCUT2D eigenvalue weighted by molar-refractivity contribution is -0.122. The maximum Gasteiger partial charge on any atom is 0.321 e. The van der Waals surface area contributed by atoms with Crippen LogP contribution in [-0.2, 0) is 4.79 Å². The minimum atomic E-state index is -0.608. The van der Waals surface area contributed by atoms with Gasteiger partial charge >= 0.3 is 6.03 Å². The van der Waals surface area contributed by atoms with E-state index >= 15 is 0 Å². The van der Waals surface area contributed by atoms with Crippen molar-refractivity contribution in [2.45, 2.75) is 26.8 Å². The number of carbonyl (C=O) groups is 2. The first-order valence-corrected chi connectivity index (χ1v) is 5.31. The zero-order valence-electron chi connectivity index (χ0n) is 10.0. The van der Waals surface area contributed by atoms with Crippen molar-refractivity contribution in [1.29, 1.82) is 0 Å². The molecule has 1 aromatic rings. The summed E-state index contributed by atoms with van der Waals surface area (Å²) >= 11 is 0. The topological polar surface area (TPSA) is 96.3 Å². The first-order chi connectivity index (χ1) is 8.02. The van der Waals surface area contributed by atoms with Crippen molar-refractivity contribution < 1.29 is 14.1 Å². The van der Waals surface area contributed by atoms with Crippen LogP contribution in [0.2, 0.25) is 0 Å². The highest BCUT2D eigenvalue weighted by atomic mass is 16.5. The summed E-state index contributed by atoms with van der Waals surface area (Å²) in [5.74, 6) is 0.666. The largest absolute Gasteiger partial charge is 0.360 e. The van der Waals surface area contributed by atoms with Crippen LogP contribution in [-0.4, -0.2) is 29.7 Å². The second-order valence-electron chi connectivity index (χ2n) is 3.54. The molecular weight excluding hydrogens is 224 g/mol. The van der Waals surface area contributed by atoms with Gasteiger partial charge in [0, 0.05) is 12.6 Å². The summed E-state index contributed by atoms with van der Waals surface area (Å²) < 4.78 is 4.78. The quantitative estimate of drug-likeness (QED) is 0.719. The summed E-state index contributed by atoms with van der Waals surface area (Å²) in [5.41, 5.74) is 0. The predicted octanol–water partition coefficient (Wildman–Crippen LogP) is 0.629. The van der Waals surface area contributed by atoms with E-state index in [2.05, 4.69) is 21.1 Å². The van der Waals surface area contributed by atoms with Crippen LogP contribution in [0.1, 0.15) is 19.6 Å². The Morgan fingerprint density at radius 1 is 1.53 bits per heavy atom. The van der Waals surface area contributed by atoms with Gasteiger partial charge in [-0.05, 0) is 20.8 Å². The molecule has 7 heteroatoms. The summed E-state index contributed by atoms with van der Waals surface area (Å²) in [6.07, 6.45) is 0. The van der Waals surface area contributed by atoms with Crippen LogP contribution in [0.25, 0.3) is 0 Å². The summed E-state index contributed by atoms with van der Waals surface area (Å²) in [5, 5.41) is 11.1. The van der Waals surface area contributed by atoms with Gasteiger partial charge in [-0.15, -0.1) is 0 Å². The maximum atomic E-state index is 11.5. The van der Waals surface area contributed by atoms with Gasteiger partial charge in [-0.2, -0.15) is 0 Å². The smallest absolute Gasteiger partial charge is 0.321 e. The Morgan fingerprint density at radius 2 is 2.24 bits per heavy atom. The monoisotopic (exact) mass is 240 g/mol. The number of hydrogen-bond donors (Lipinski definition) is 3. The van der Waals surface area contributed by atoms with Crippen molar-refractivity contribution >= 4 is 17.8 Å². The summed E-state index contributed by atoms with van der Waals surface area (Å²) in [6, 6.07) is 0.469. The summed E-state index contributed by atoms with van der Waals surface area (Å²) in [6.45, 7) is 5.64. The minimum absolute atomic E-state index is 0.237. The molecule has 0 saturated heterocycles. The summed E-state index contributed by atoms with van der Waals surface area (Å²) in [4.78, 5) is 22.8. The minimum Gasteiger partial charge on any atom is -0.360 e. The molecule has 17 heavy (non-hydrogen) atoms. The lowest BCUT2D eigenvalue weighted by atomic mass is 10.3. The molecule has 1 atom stereocenters. The van der Waals surface area contributed by atoms with Crippen LogP contribution in [0, 0.1) is 6.92 Å². The molecule has 1 heterocycles. The Hall–Kier alpha value is -2.05. The SMILES string of the molecule is CCNC(=O)C(C)NC(=O)Nc1cc(C)on1. The number of carbonyl (C=O) groups excluding carboxylic acids is 2. The van der Waals surface area contributed by atoms with E-state index in [4.69, 9.17) is 4.52 Å². The fraction of sp³-hybridized carbons (Fsp3) is 0.500. The Balaban J connectivity index is 2.41. The molecule has 3 amide bonds. The number of aromatic nitrogens is 1. The first kappa shape index (κ1) is 13.0. The van der Waals surface area contributed by atoms with E-state index < -0.39 is 12.1 Å². The highest BCUT2D eigenvalue weighted by Crippen LogP contribution is 2.06. The third kappa shape index (κ3) is 4.13. The van der Waals surface area contributed by atoms with Gasteiger partial charge in [0.15, 0.2) is 5.82 Å². The van der Waals surface area contributed by atoms with Crippen molar-refractivity contribution in [1.82, 2.24) is 15.8 Å². The maximum absolute atomic E-state index is 11.5. The van der Waals surface area contributed by atoms with E-state index in [-0.39, 0.29) is 5.91 Å². The van der Waals surface area contributed by atoms with E-state index in [9.17, 15) is 9.59 Å². The number of hydrogen-bond acceptors (Lipinski definition) is 4. The molecule has 0 aliphatic heterocycles. The van der Waals surface area contributed by atoms with Crippen LogP contribution in [0.4, 0.5) is 10.6 Å². The van der Waals surface area contributed by atoms with E-state index in [1.54, 1.807) is 19.9 Å². The lowest BCUT2D eigenvalue weighted by Gasteiger charge is -2.12. The molecule has 3 N–H and O–H groups in total. The highest BCUT2D eigenvalue weighted by Gasteiger charge is 2.15. The molecule has 0 aliphatic carbocycles. The fourth-order valence-corrected chi connectivity index (χ4v) is 1.17. The number of nitrogens with one attached hydrogen (secondary N) is 3. The Kier molecular flexibility index (Phi) is 4.50. The number of rotatable bonds is 4. The van der Waals surface area contributed by atoms with Gasteiger partial charge in [0.05, 0.1) is 0 Å². The number of amides is 3. The number of likely N-dealkylation sites (N-methyl/N-ethyl adjacent to an activating group) is 1. The zero-order chi connectivity index (χ0) is 12.8. The molecule has 0 saturated carbocycles. The van der Waals surface area contributed by atoms with Crippen molar-refractivity contribution in [2.75, 3.05) is 11.9 Å². The Labute approximate surface area is 98.9 Å². The molecule has 1 aromatic heterocycles. The normalized spacial score (nSPS) is 11.7. The van der Waals surface area contributed by atoms with Gasteiger partial charge in [0.25, 0.3) is 0 Å². The number of anilines is 1. The third-order valence-electron chi connectivity index (χ3n) is 1.96. The molecule has 0 fully saturated rings. The number of nitrogens with zero attached hydrogens (tertiary/aromatic N) is 1. The molecule has 94 valence electrons. The average molecular weight is 240 g/mol. The molecule has 0 spiro atoms. The van der Waals surface area contributed by atoms with Crippen LogP contribution in [0.15, 0.2) is 10.6 Å². The van der Waals surface area contributed by atoms with E-state index in [0.29, 0.717) is 18.1 Å². The van der Waals surface area contributed by atoms with Crippen molar-refractivity contribution in [2.24, 2.45) is 0 Å². The van der Waals surface area contributed by atoms with Gasteiger partial charge < -0.3 is 15.2 Å². The van der Waals surface area contributed by atoms with Crippen molar-refractivity contribution in [3.8, 4) is 0 Å². The molecule has 0 radical (unpaired) electrons. The second kappa shape index (κ2) is 5.88. The van der Waals surface area contributed by atoms with Gasteiger partial charge in [-0.1, -0.05) is 5.16 Å². The molecular formula is C10H16N4O3. The van der Waals surface area contributed by atoms with Crippen LogP contribution in [0.3, 0.4) is 0 Å². The summed E-state index contributed by atoms with van der Waals surface area (Å²) in [7, 11) is 0. The van der Waals surface area contributed by atoms with E-state index in [1.807, 2.05) is 6.92 Å². The second-order valence-corrected chi connectivity index (χ2v) is 3.54. The highest BCUT2D eigenvalue weighted by molar-refractivity contribution is 5.92. The van der Waals surface area contributed by atoms with Crippen molar-refractivity contribution in [3.63, 3.8) is 0 Å². The van der Waals surface area contributed by atoms with Gasteiger partial charge in [-0.25, -0.2) is 4.79 Å². The van der Waals surface area contributed by atoms with Crippen molar-refractivity contribution in [3.05, 3.63) is 11.8 Å². The average Bonchev–Trinajstić information content (AvgIpc) is 2.64. The number of urea groups is 1. The molecule has 1 rings (SSSR count). The molecule has 1 unspecified atom stereocenters. The van der Waals surface area contributed by atoms with E-state index in [0.717, 1.165) is 0 Å². The number of aryl methyl sites for hydroxylation is 1. The van der Waals surface area contributed by atoms with Crippen LogP contribution < -0.4 is 16.0 Å². The molecule has 0 aliphatic rings. The Morgan fingerprint density at radius 3 is 2.76 bits per heavy atom. The van der Waals surface area contributed by atoms with E-state index in [1.165, 1.54) is 0 Å². The molecule has 0 bridgehead atoms. The molecule has 0 aromatic carbocycles. The molecule has 7 nitrogen and oxygen atoms in total. The standard InChI is InChI=1S/C10H16N4O3/c1-4-11-9(15)7(3)12-10(16)13-8-5-6(2)17-14-8/h5,7H,4H2,1-3H3,(H,11,15)(H2,12,13,14,16). The van der Waals surface area contributed by atoms with Gasteiger partial charge in [-0.3, -0.25) is 10.1 Å².